The van der Waals surface area contributed by atoms with Crippen molar-refractivity contribution in [3.8, 4) is 0 Å². The van der Waals surface area contributed by atoms with Crippen LogP contribution in [0.5, 0.6) is 0 Å². The minimum absolute atomic E-state index is 0.00657. The van der Waals surface area contributed by atoms with E-state index in [1.54, 1.807) is 23.1 Å². The summed E-state index contributed by atoms with van der Waals surface area (Å²) < 4.78 is 19.3. The fourth-order valence-corrected chi connectivity index (χ4v) is 3.23. The van der Waals surface area contributed by atoms with E-state index in [-0.39, 0.29) is 23.7 Å². The summed E-state index contributed by atoms with van der Waals surface area (Å²) in [6, 6.07) is 6.19. The number of carbonyl (C=O) groups excluding carboxylic acids is 2. The fraction of sp³-hybridized carbons (Fsp3) is 0.263. The van der Waals surface area contributed by atoms with E-state index < -0.39 is 0 Å². The third kappa shape index (κ3) is 4.60. The average molecular weight is 421 g/mol. The van der Waals surface area contributed by atoms with Crippen LogP contribution in [0.15, 0.2) is 51.8 Å². The number of nitrogens with one attached hydrogen (secondary N) is 1. The Morgan fingerprint density at radius 1 is 1.27 bits per heavy atom. The Morgan fingerprint density at radius 3 is 2.73 bits per heavy atom. The van der Waals surface area contributed by atoms with Crippen LogP contribution in [0.2, 0.25) is 0 Å². The minimum Gasteiger partial charge on any atom is -0.472 e. The second-order valence-corrected chi connectivity index (χ2v) is 7.00. The molecule has 26 heavy (non-hydrogen) atoms. The number of carbonyl (C=O) groups is 2. The number of piperidine rings is 1. The van der Waals surface area contributed by atoms with Crippen LogP contribution in [-0.2, 0) is 4.79 Å². The molecule has 1 saturated heterocycles. The van der Waals surface area contributed by atoms with E-state index in [1.165, 1.54) is 30.7 Å². The van der Waals surface area contributed by atoms with Gasteiger partial charge in [-0.3, -0.25) is 9.59 Å². The highest BCUT2D eigenvalue weighted by atomic mass is 79.9. The Labute approximate surface area is 159 Å². The summed E-state index contributed by atoms with van der Waals surface area (Å²) in [6.45, 7) is 1.14. The number of furan rings is 1. The van der Waals surface area contributed by atoms with E-state index in [2.05, 4.69) is 21.2 Å². The van der Waals surface area contributed by atoms with Crippen molar-refractivity contribution in [3.05, 3.63) is 64.3 Å². The molecule has 0 unspecified atom stereocenters. The van der Waals surface area contributed by atoms with Gasteiger partial charge < -0.3 is 14.6 Å². The van der Waals surface area contributed by atoms with E-state index in [4.69, 9.17) is 4.42 Å². The standard InChI is InChI=1S/C19H18BrFN2O3/c20-15-2-3-17(21)13(11-15)1-4-18(24)22-16-5-8-23(9-6-16)19(25)14-7-10-26-12-14/h1-4,7,10-12,16H,5-6,8-9H2,(H,22,24)/b4-1+. The fourth-order valence-electron chi connectivity index (χ4n) is 2.85. The molecule has 1 fully saturated rings. The van der Waals surface area contributed by atoms with E-state index in [9.17, 15) is 14.0 Å². The molecule has 0 spiro atoms. The lowest BCUT2D eigenvalue weighted by Gasteiger charge is -2.32. The van der Waals surface area contributed by atoms with Crippen molar-refractivity contribution >= 4 is 33.8 Å². The van der Waals surface area contributed by atoms with Gasteiger partial charge in [0.05, 0.1) is 11.8 Å². The third-order valence-corrected chi connectivity index (χ3v) is 4.76. The summed E-state index contributed by atoms with van der Waals surface area (Å²) in [5, 5.41) is 2.90. The van der Waals surface area contributed by atoms with Gasteiger partial charge in [0.2, 0.25) is 5.91 Å². The predicted octanol–water partition coefficient (Wildman–Crippen LogP) is 3.62. The second-order valence-electron chi connectivity index (χ2n) is 6.09. The molecule has 0 radical (unpaired) electrons. The number of benzene rings is 1. The summed E-state index contributed by atoms with van der Waals surface area (Å²) in [7, 11) is 0. The van der Waals surface area contributed by atoms with Crippen LogP contribution >= 0.6 is 15.9 Å². The van der Waals surface area contributed by atoms with E-state index in [0.29, 0.717) is 37.1 Å². The van der Waals surface area contributed by atoms with Crippen molar-refractivity contribution in [1.29, 1.82) is 0 Å². The zero-order valence-corrected chi connectivity index (χ0v) is 15.5. The minimum atomic E-state index is -0.386. The summed E-state index contributed by atoms with van der Waals surface area (Å²) in [4.78, 5) is 26.0. The van der Waals surface area contributed by atoms with Crippen molar-refractivity contribution in [3.63, 3.8) is 0 Å². The average Bonchev–Trinajstić information content (AvgIpc) is 3.17. The molecule has 0 aliphatic carbocycles. The normalized spacial score (nSPS) is 15.4. The maximum Gasteiger partial charge on any atom is 0.257 e. The van der Waals surface area contributed by atoms with Crippen molar-refractivity contribution in [1.82, 2.24) is 10.2 Å². The number of likely N-dealkylation sites (tertiary alicyclic amines) is 1. The van der Waals surface area contributed by atoms with Crippen molar-refractivity contribution in [2.45, 2.75) is 18.9 Å². The monoisotopic (exact) mass is 420 g/mol. The highest BCUT2D eigenvalue weighted by Gasteiger charge is 2.24. The van der Waals surface area contributed by atoms with Gasteiger partial charge in [0.1, 0.15) is 12.1 Å². The first-order chi connectivity index (χ1) is 12.5. The quantitative estimate of drug-likeness (QED) is 0.768. The lowest BCUT2D eigenvalue weighted by atomic mass is 10.0. The molecule has 1 aliphatic heterocycles. The number of nitrogens with zero attached hydrogens (tertiary/aromatic N) is 1. The van der Waals surface area contributed by atoms with Crippen LogP contribution in [0, 0.1) is 5.82 Å². The van der Waals surface area contributed by atoms with Crippen molar-refractivity contribution in [2.24, 2.45) is 0 Å². The molecule has 136 valence electrons. The summed E-state index contributed by atoms with van der Waals surface area (Å²) >= 11 is 3.28. The van der Waals surface area contributed by atoms with Crippen LogP contribution in [0.25, 0.3) is 6.08 Å². The largest absolute Gasteiger partial charge is 0.472 e. The number of amides is 2. The van der Waals surface area contributed by atoms with Crippen LogP contribution in [0.3, 0.4) is 0 Å². The second kappa shape index (κ2) is 8.31. The number of halogens is 2. The topological polar surface area (TPSA) is 62.6 Å². The van der Waals surface area contributed by atoms with Gasteiger partial charge in [0, 0.05) is 35.2 Å². The Kier molecular flexibility index (Phi) is 5.88. The number of rotatable bonds is 4. The van der Waals surface area contributed by atoms with E-state index in [1.807, 2.05) is 0 Å². The number of hydrogen-bond donors (Lipinski definition) is 1. The predicted molar refractivity (Wildman–Crippen MR) is 98.9 cm³/mol. The molecule has 1 aromatic carbocycles. The zero-order valence-electron chi connectivity index (χ0n) is 14.0. The summed E-state index contributed by atoms with van der Waals surface area (Å²) in [5.74, 6) is -0.721. The molecule has 7 heteroatoms. The Morgan fingerprint density at radius 2 is 2.04 bits per heavy atom. The molecular formula is C19H18BrFN2O3. The maximum atomic E-state index is 13.7. The van der Waals surface area contributed by atoms with Crippen LogP contribution in [-0.4, -0.2) is 35.8 Å². The maximum absolute atomic E-state index is 13.7. The molecular weight excluding hydrogens is 403 g/mol. The highest BCUT2D eigenvalue weighted by Crippen LogP contribution is 2.17. The molecule has 1 aliphatic rings. The van der Waals surface area contributed by atoms with Crippen LogP contribution in [0.1, 0.15) is 28.8 Å². The lowest BCUT2D eigenvalue weighted by Crippen LogP contribution is -2.46. The molecule has 3 rings (SSSR count). The lowest BCUT2D eigenvalue weighted by molar-refractivity contribution is -0.117. The van der Waals surface area contributed by atoms with Crippen LogP contribution < -0.4 is 5.32 Å². The van der Waals surface area contributed by atoms with Gasteiger partial charge in [0.25, 0.3) is 5.91 Å². The first-order valence-corrected chi connectivity index (χ1v) is 9.07. The van der Waals surface area contributed by atoms with Crippen molar-refractivity contribution < 1.29 is 18.4 Å². The number of hydrogen-bond acceptors (Lipinski definition) is 3. The first-order valence-electron chi connectivity index (χ1n) is 8.28. The van der Waals surface area contributed by atoms with Gasteiger partial charge in [-0.25, -0.2) is 4.39 Å². The van der Waals surface area contributed by atoms with Gasteiger partial charge in [-0.05, 0) is 43.2 Å². The van der Waals surface area contributed by atoms with Gasteiger partial charge in [-0.15, -0.1) is 0 Å². The molecule has 0 atom stereocenters. The van der Waals surface area contributed by atoms with Crippen molar-refractivity contribution in [2.75, 3.05) is 13.1 Å². The van der Waals surface area contributed by atoms with E-state index in [0.717, 1.165) is 4.47 Å². The Balaban J connectivity index is 1.49. The third-order valence-electron chi connectivity index (χ3n) is 4.27. The molecule has 0 bridgehead atoms. The molecule has 0 saturated carbocycles. The smallest absolute Gasteiger partial charge is 0.257 e. The molecule has 5 nitrogen and oxygen atoms in total. The van der Waals surface area contributed by atoms with Gasteiger partial charge in [-0.2, -0.15) is 0 Å². The SMILES string of the molecule is O=C(/C=C/c1cc(Br)ccc1F)NC1CCN(C(=O)c2ccoc2)CC1. The Hall–Kier alpha value is -2.41. The summed E-state index contributed by atoms with van der Waals surface area (Å²) in [5.41, 5.74) is 0.876. The van der Waals surface area contributed by atoms with Gasteiger partial charge in [-0.1, -0.05) is 15.9 Å². The molecule has 1 N–H and O–H groups in total. The first kappa shape index (κ1) is 18.4. The van der Waals surface area contributed by atoms with Gasteiger partial charge >= 0.3 is 0 Å². The molecule has 2 aromatic rings. The van der Waals surface area contributed by atoms with Crippen LogP contribution in [0.4, 0.5) is 4.39 Å². The highest BCUT2D eigenvalue weighted by molar-refractivity contribution is 9.10. The summed E-state index contributed by atoms with van der Waals surface area (Å²) in [6.07, 6.45) is 7.03. The van der Waals surface area contributed by atoms with Gasteiger partial charge in [0.15, 0.2) is 0 Å². The Bertz CT molecular complexity index is 812. The molecule has 2 amide bonds. The zero-order chi connectivity index (χ0) is 18.5. The molecule has 1 aromatic heterocycles. The molecule has 2 heterocycles. The van der Waals surface area contributed by atoms with E-state index >= 15 is 0 Å².